The second kappa shape index (κ2) is 7.00. The molecule has 5 rings (SSSR count). The lowest BCUT2D eigenvalue weighted by atomic mass is 9.91. The Balaban J connectivity index is 1.13. The van der Waals surface area contributed by atoms with Crippen molar-refractivity contribution in [1.29, 1.82) is 0 Å². The van der Waals surface area contributed by atoms with Gasteiger partial charge in [0.25, 0.3) is 0 Å². The molecule has 0 aromatic carbocycles. The highest BCUT2D eigenvalue weighted by Crippen LogP contribution is 2.59. The third-order valence-corrected chi connectivity index (χ3v) is 7.21. The quantitative estimate of drug-likeness (QED) is 0.863. The molecule has 0 bridgehead atoms. The first-order valence-electron chi connectivity index (χ1n) is 9.82. The average Bonchev–Trinajstić information content (AvgIpc) is 3.11. The topological polar surface area (TPSA) is 74.5 Å². The van der Waals surface area contributed by atoms with Crippen LogP contribution < -0.4 is 5.32 Å². The zero-order chi connectivity index (χ0) is 18.3. The van der Waals surface area contributed by atoms with Crippen LogP contribution in [0.15, 0.2) is 22.0 Å². The Morgan fingerprint density at radius 3 is 2.85 bits per heavy atom. The molecule has 3 fully saturated rings. The van der Waals surface area contributed by atoms with Crippen molar-refractivity contribution in [2.75, 3.05) is 39.3 Å². The predicted molar refractivity (Wildman–Crippen MR) is 102 cm³/mol. The van der Waals surface area contributed by atoms with E-state index in [0.29, 0.717) is 29.6 Å². The molecule has 2 aliphatic heterocycles. The van der Waals surface area contributed by atoms with Gasteiger partial charge in [0.2, 0.25) is 17.6 Å². The van der Waals surface area contributed by atoms with Crippen LogP contribution in [0, 0.1) is 11.3 Å². The summed E-state index contributed by atoms with van der Waals surface area (Å²) in [6.07, 6.45) is 3.42. The minimum Gasteiger partial charge on any atom is -0.340 e. The Morgan fingerprint density at radius 1 is 1.30 bits per heavy atom. The van der Waals surface area contributed by atoms with Crippen molar-refractivity contribution in [3.05, 3.63) is 23.4 Å². The van der Waals surface area contributed by atoms with Crippen LogP contribution in [-0.4, -0.2) is 65.1 Å². The lowest BCUT2D eigenvalue weighted by Gasteiger charge is -2.35. The van der Waals surface area contributed by atoms with E-state index in [-0.39, 0.29) is 5.92 Å². The Labute approximate surface area is 162 Å². The van der Waals surface area contributed by atoms with E-state index in [9.17, 15) is 4.79 Å². The first kappa shape index (κ1) is 17.3. The molecule has 0 radical (unpaired) electrons. The molecule has 1 aliphatic carbocycles. The zero-order valence-electron chi connectivity index (χ0n) is 15.4. The minimum atomic E-state index is 0.274. The molecule has 1 saturated carbocycles. The third-order valence-electron chi connectivity index (χ3n) is 6.34. The van der Waals surface area contributed by atoms with E-state index < -0.39 is 0 Å². The molecule has 27 heavy (non-hydrogen) atoms. The van der Waals surface area contributed by atoms with E-state index in [1.807, 2.05) is 17.5 Å². The number of rotatable bonds is 4. The number of hydrogen-bond acceptors (Lipinski definition) is 7. The Bertz CT molecular complexity index is 791. The number of hydrogen-bond donors (Lipinski definition) is 1. The summed E-state index contributed by atoms with van der Waals surface area (Å²) in [6, 6.07) is 3.98. The largest absolute Gasteiger partial charge is 0.340 e. The van der Waals surface area contributed by atoms with Gasteiger partial charge in [-0.15, -0.1) is 11.3 Å². The molecule has 8 heteroatoms. The Kier molecular flexibility index (Phi) is 4.49. The molecule has 3 aliphatic rings. The summed E-state index contributed by atoms with van der Waals surface area (Å²) in [7, 11) is 0. The van der Waals surface area contributed by atoms with Crippen molar-refractivity contribution in [3.8, 4) is 10.7 Å². The van der Waals surface area contributed by atoms with Crippen LogP contribution in [-0.2, 0) is 11.3 Å². The van der Waals surface area contributed by atoms with Crippen molar-refractivity contribution in [2.45, 2.75) is 25.8 Å². The summed E-state index contributed by atoms with van der Waals surface area (Å²) in [5.74, 6) is 1.97. The number of carbonyl (C=O) groups excluding carboxylic acids is 1. The number of carbonyl (C=O) groups is 1. The average molecular weight is 388 g/mol. The summed E-state index contributed by atoms with van der Waals surface area (Å²) >= 11 is 1.61. The van der Waals surface area contributed by atoms with Crippen molar-refractivity contribution >= 4 is 17.2 Å². The van der Waals surface area contributed by atoms with Crippen LogP contribution in [0.2, 0.25) is 0 Å². The molecule has 2 aromatic heterocycles. The second-order valence-corrected chi connectivity index (χ2v) is 8.91. The van der Waals surface area contributed by atoms with Crippen LogP contribution >= 0.6 is 11.3 Å². The Hall–Kier alpha value is -1.77. The van der Waals surface area contributed by atoms with Gasteiger partial charge in [-0.1, -0.05) is 11.2 Å². The first-order chi connectivity index (χ1) is 13.2. The highest BCUT2D eigenvalue weighted by atomic mass is 32.1. The fraction of sp³-hybridized carbons (Fsp3) is 0.632. The van der Waals surface area contributed by atoms with E-state index in [1.54, 1.807) is 11.3 Å². The molecule has 2 saturated heterocycles. The molecule has 1 spiro atoms. The fourth-order valence-corrected chi connectivity index (χ4v) is 5.19. The van der Waals surface area contributed by atoms with E-state index in [1.165, 1.54) is 0 Å². The molecular weight excluding hydrogens is 362 g/mol. The monoisotopic (exact) mass is 387 g/mol. The maximum Gasteiger partial charge on any atom is 0.241 e. The number of thiophene rings is 1. The van der Waals surface area contributed by atoms with Crippen molar-refractivity contribution in [3.63, 3.8) is 0 Å². The van der Waals surface area contributed by atoms with Crippen molar-refractivity contribution in [1.82, 2.24) is 25.3 Å². The summed E-state index contributed by atoms with van der Waals surface area (Å²) in [6.45, 7) is 6.11. The van der Waals surface area contributed by atoms with Crippen molar-refractivity contribution in [2.24, 2.45) is 11.3 Å². The number of piperazine rings is 1. The molecule has 1 unspecified atom stereocenters. The molecule has 1 atom stereocenters. The zero-order valence-corrected chi connectivity index (χ0v) is 16.2. The molecule has 1 amide bonds. The molecule has 2 aromatic rings. The van der Waals surface area contributed by atoms with Gasteiger partial charge in [-0.2, -0.15) is 4.98 Å². The van der Waals surface area contributed by atoms with Crippen LogP contribution in [0.25, 0.3) is 10.7 Å². The number of nitrogens with one attached hydrogen (secondary N) is 1. The van der Waals surface area contributed by atoms with Gasteiger partial charge in [0.15, 0.2) is 0 Å². The van der Waals surface area contributed by atoms with Crippen LogP contribution in [0.4, 0.5) is 0 Å². The number of aromatic nitrogens is 2. The van der Waals surface area contributed by atoms with E-state index >= 15 is 0 Å². The normalized spacial score (nSPS) is 25.0. The molecular formula is C19H25N5O2S. The van der Waals surface area contributed by atoms with Crippen LogP contribution in [0.1, 0.15) is 25.2 Å². The van der Waals surface area contributed by atoms with E-state index in [2.05, 4.69) is 25.3 Å². The summed E-state index contributed by atoms with van der Waals surface area (Å²) in [5.41, 5.74) is 0.321. The minimum absolute atomic E-state index is 0.274. The maximum atomic E-state index is 12.9. The number of piperidine rings is 1. The van der Waals surface area contributed by atoms with Gasteiger partial charge >= 0.3 is 0 Å². The third kappa shape index (κ3) is 3.41. The summed E-state index contributed by atoms with van der Waals surface area (Å²) in [4.78, 5) is 22.8. The van der Waals surface area contributed by atoms with Gasteiger partial charge in [0.1, 0.15) is 0 Å². The highest BCUT2D eigenvalue weighted by molar-refractivity contribution is 7.13. The Morgan fingerprint density at radius 2 is 2.11 bits per heavy atom. The van der Waals surface area contributed by atoms with Gasteiger partial charge in [0, 0.05) is 32.1 Å². The highest BCUT2D eigenvalue weighted by Gasteiger charge is 2.58. The van der Waals surface area contributed by atoms with Crippen LogP contribution in [0.5, 0.6) is 0 Å². The fourth-order valence-electron chi connectivity index (χ4n) is 4.54. The summed E-state index contributed by atoms with van der Waals surface area (Å²) in [5, 5.41) is 9.49. The first-order valence-corrected chi connectivity index (χ1v) is 10.7. The van der Waals surface area contributed by atoms with Gasteiger partial charge in [-0.05, 0) is 49.2 Å². The molecule has 1 N–H and O–H groups in total. The van der Waals surface area contributed by atoms with E-state index in [0.717, 1.165) is 63.4 Å². The van der Waals surface area contributed by atoms with Crippen LogP contribution in [0.3, 0.4) is 0 Å². The smallest absolute Gasteiger partial charge is 0.241 e. The lowest BCUT2D eigenvalue weighted by molar-refractivity contribution is -0.135. The molecule has 144 valence electrons. The standard InChI is InChI=1S/C19H25N5O2S/c25-18(14-12-19(14)3-5-20-6-4-19)24-9-7-23(8-10-24)13-16-21-17(22-26-16)15-2-1-11-27-15/h1-2,11,14,20H,3-10,12-13H2. The maximum absolute atomic E-state index is 12.9. The van der Waals surface area contributed by atoms with Gasteiger partial charge in [0.05, 0.1) is 11.4 Å². The molecule has 7 nitrogen and oxygen atoms in total. The number of nitrogens with zero attached hydrogens (tertiary/aromatic N) is 4. The molecule has 4 heterocycles. The van der Waals surface area contributed by atoms with Crippen molar-refractivity contribution < 1.29 is 9.32 Å². The second-order valence-electron chi connectivity index (χ2n) is 7.96. The van der Waals surface area contributed by atoms with Gasteiger partial charge in [-0.25, -0.2) is 0 Å². The van der Waals surface area contributed by atoms with E-state index in [4.69, 9.17) is 4.52 Å². The summed E-state index contributed by atoms with van der Waals surface area (Å²) < 4.78 is 5.41. The van der Waals surface area contributed by atoms with Gasteiger partial charge in [-0.3, -0.25) is 9.69 Å². The van der Waals surface area contributed by atoms with Gasteiger partial charge < -0.3 is 14.7 Å². The predicted octanol–water partition coefficient (Wildman–Crippen LogP) is 1.83. The number of amides is 1. The SMILES string of the molecule is O=C(C1CC12CCNCC2)N1CCN(Cc2nc(-c3cccs3)no2)CC1. The lowest BCUT2D eigenvalue weighted by Crippen LogP contribution is -2.49.